The summed E-state index contributed by atoms with van der Waals surface area (Å²) in [5, 5.41) is 7.78. The van der Waals surface area contributed by atoms with E-state index >= 15 is 0 Å². The molecule has 8 aromatic rings. The molecule has 0 fully saturated rings. The van der Waals surface area contributed by atoms with Crippen LogP contribution in [0.3, 0.4) is 0 Å². The van der Waals surface area contributed by atoms with E-state index in [1.807, 2.05) is 6.07 Å². The van der Waals surface area contributed by atoms with Crippen LogP contribution in [0, 0.1) is 6.57 Å². The second-order valence-electron chi connectivity index (χ2n) is 11.6. The van der Waals surface area contributed by atoms with Gasteiger partial charge in [0.05, 0.1) is 23.3 Å². The maximum Gasteiger partial charge on any atom is 0.210 e. The summed E-state index contributed by atoms with van der Waals surface area (Å²) in [5.41, 5.74) is 5.95. The zero-order chi connectivity index (χ0) is 30.9. The van der Waals surface area contributed by atoms with Gasteiger partial charge in [-0.15, -0.1) is 0 Å². The molecule has 0 bridgehead atoms. The van der Waals surface area contributed by atoms with E-state index in [1.165, 1.54) is 31.5 Å². The van der Waals surface area contributed by atoms with E-state index in [0.717, 1.165) is 27.8 Å². The summed E-state index contributed by atoms with van der Waals surface area (Å²) < 4.78 is 2.24. The Kier molecular flexibility index (Phi) is 6.91. The molecule has 0 saturated heterocycles. The normalized spacial score (nSPS) is 11.5. The van der Waals surface area contributed by atoms with Gasteiger partial charge in [0.25, 0.3) is 0 Å². The molecule has 0 amide bonds. The van der Waals surface area contributed by atoms with Crippen LogP contribution in [-0.2, 0) is 0 Å². The van der Waals surface area contributed by atoms with E-state index in [4.69, 9.17) is 6.57 Å². The molecule has 3 heteroatoms. The van der Waals surface area contributed by atoms with Crippen LogP contribution in [0.5, 0.6) is 0 Å². The fourth-order valence-corrected chi connectivity index (χ4v) is 11.9. The lowest BCUT2D eigenvalue weighted by Gasteiger charge is -2.34. The molecule has 0 N–H and O–H groups in total. The van der Waals surface area contributed by atoms with Crippen molar-refractivity contribution in [2.45, 2.75) is 0 Å². The molecular weight excluding hydrogens is 573 g/mol. The molecule has 8 rings (SSSR count). The molecule has 0 aliphatic rings. The molecule has 0 saturated carbocycles. The van der Waals surface area contributed by atoms with E-state index in [0.29, 0.717) is 5.69 Å². The highest BCUT2D eigenvalue weighted by Gasteiger charge is 2.41. The molecule has 7 aromatic carbocycles. The Hall–Kier alpha value is -5.95. The van der Waals surface area contributed by atoms with Gasteiger partial charge in [-0.2, -0.15) is 0 Å². The molecule has 1 aromatic heterocycles. The number of nitrogens with zero attached hydrogens (tertiary/aromatic N) is 2. The van der Waals surface area contributed by atoms with E-state index in [9.17, 15) is 0 Å². The Morgan fingerprint density at radius 3 is 1.30 bits per heavy atom. The second-order valence-corrected chi connectivity index (χ2v) is 15.4. The van der Waals surface area contributed by atoms with Crippen molar-refractivity contribution in [3.8, 4) is 16.8 Å². The lowest BCUT2D eigenvalue weighted by molar-refractivity contribution is 1.19. The Bertz CT molecular complexity index is 2200. The number of fused-ring (bicyclic) bond motifs is 3. The first-order chi connectivity index (χ1) is 22.8. The average molecular weight is 603 g/mol. The van der Waals surface area contributed by atoms with Crippen LogP contribution in [0.15, 0.2) is 182 Å². The molecule has 2 nitrogen and oxygen atoms in total. The van der Waals surface area contributed by atoms with Crippen LogP contribution in [0.4, 0.5) is 5.69 Å². The zero-order valence-corrected chi connectivity index (χ0v) is 26.2. The molecular formula is C43H30N2Si. The van der Waals surface area contributed by atoms with Crippen LogP contribution in [-0.4, -0.2) is 12.6 Å². The predicted octanol–water partition coefficient (Wildman–Crippen LogP) is 8.38. The van der Waals surface area contributed by atoms with Crippen molar-refractivity contribution in [3.05, 3.63) is 193 Å². The Labute approximate surface area is 270 Å². The van der Waals surface area contributed by atoms with Crippen molar-refractivity contribution in [1.82, 2.24) is 4.57 Å². The Balaban J connectivity index is 1.31. The SMILES string of the molecule is [C-]#[N+]c1ccc(-c2ccc([Si](c3ccccc3)(c3ccccc3)c3ccccc3)cc2)cc1-n1c2ccccc2c2ccccc21. The third-order valence-corrected chi connectivity index (χ3v) is 14.0. The van der Waals surface area contributed by atoms with Gasteiger partial charge in [0.1, 0.15) is 0 Å². The van der Waals surface area contributed by atoms with Gasteiger partial charge in [0.15, 0.2) is 8.07 Å². The summed E-state index contributed by atoms with van der Waals surface area (Å²) in [6, 6.07) is 65.3. The van der Waals surface area contributed by atoms with Gasteiger partial charge in [0, 0.05) is 10.8 Å². The van der Waals surface area contributed by atoms with Gasteiger partial charge in [0.2, 0.25) is 5.69 Å². The van der Waals surface area contributed by atoms with Gasteiger partial charge in [-0.25, -0.2) is 4.85 Å². The van der Waals surface area contributed by atoms with Crippen LogP contribution >= 0.6 is 0 Å². The van der Waals surface area contributed by atoms with Crippen molar-refractivity contribution in [1.29, 1.82) is 0 Å². The zero-order valence-electron chi connectivity index (χ0n) is 25.2. The van der Waals surface area contributed by atoms with Crippen molar-refractivity contribution >= 4 is 56.3 Å². The van der Waals surface area contributed by atoms with Gasteiger partial charge >= 0.3 is 0 Å². The van der Waals surface area contributed by atoms with Crippen molar-refractivity contribution in [3.63, 3.8) is 0 Å². The van der Waals surface area contributed by atoms with E-state index in [-0.39, 0.29) is 0 Å². The molecule has 1 heterocycles. The van der Waals surface area contributed by atoms with E-state index in [1.54, 1.807) is 0 Å². The third kappa shape index (κ3) is 4.39. The number of aromatic nitrogens is 1. The van der Waals surface area contributed by atoms with Crippen molar-refractivity contribution < 1.29 is 0 Å². The smallest absolute Gasteiger partial charge is 0.210 e. The summed E-state index contributed by atoms with van der Waals surface area (Å²) in [4.78, 5) is 3.96. The number of hydrogen-bond acceptors (Lipinski definition) is 0. The highest BCUT2D eigenvalue weighted by Crippen LogP contribution is 2.37. The summed E-state index contributed by atoms with van der Waals surface area (Å²) in [6.45, 7) is 8.04. The molecule has 0 radical (unpaired) electrons. The molecule has 0 atom stereocenters. The van der Waals surface area contributed by atoms with Crippen LogP contribution in [0.2, 0.25) is 0 Å². The van der Waals surface area contributed by atoms with Crippen LogP contribution in [0.25, 0.3) is 43.5 Å². The molecule has 216 valence electrons. The highest BCUT2D eigenvalue weighted by atomic mass is 28.3. The number of rotatable bonds is 6. The van der Waals surface area contributed by atoms with Gasteiger partial charge in [-0.05, 0) is 50.1 Å². The van der Waals surface area contributed by atoms with E-state index in [2.05, 4.69) is 185 Å². The van der Waals surface area contributed by atoms with Gasteiger partial charge in [-0.1, -0.05) is 164 Å². The minimum absolute atomic E-state index is 0.635. The lowest BCUT2D eigenvalue weighted by Crippen LogP contribution is -2.74. The summed E-state index contributed by atoms with van der Waals surface area (Å²) in [6.07, 6.45) is 0. The maximum atomic E-state index is 8.04. The largest absolute Gasteiger partial charge is 0.319 e. The first-order valence-corrected chi connectivity index (χ1v) is 17.6. The number of para-hydroxylation sites is 2. The fourth-order valence-electron chi connectivity index (χ4n) is 7.14. The first kappa shape index (κ1) is 27.6. The van der Waals surface area contributed by atoms with Crippen LogP contribution in [0.1, 0.15) is 0 Å². The summed E-state index contributed by atoms with van der Waals surface area (Å²) in [5.74, 6) is 0. The second kappa shape index (κ2) is 11.5. The minimum atomic E-state index is -2.60. The molecule has 46 heavy (non-hydrogen) atoms. The van der Waals surface area contributed by atoms with Crippen molar-refractivity contribution in [2.75, 3.05) is 0 Å². The predicted molar refractivity (Wildman–Crippen MR) is 196 cm³/mol. The van der Waals surface area contributed by atoms with Gasteiger partial charge in [-0.3, -0.25) is 0 Å². The summed E-state index contributed by atoms with van der Waals surface area (Å²) >= 11 is 0. The molecule has 0 aliphatic carbocycles. The fraction of sp³-hybridized carbons (Fsp3) is 0. The molecule has 0 spiro atoms. The lowest BCUT2D eigenvalue weighted by atomic mass is 10.0. The highest BCUT2D eigenvalue weighted by molar-refractivity contribution is 7.19. The van der Waals surface area contributed by atoms with Gasteiger partial charge < -0.3 is 4.57 Å². The minimum Gasteiger partial charge on any atom is -0.319 e. The summed E-state index contributed by atoms with van der Waals surface area (Å²) in [7, 11) is -2.60. The number of benzene rings is 7. The Morgan fingerprint density at radius 2 is 0.826 bits per heavy atom. The monoisotopic (exact) mass is 602 g/mol. The number of hydrogen-bond donors (Lipinski definition) is 0. The van der Waals surface area contributed by atoms with E-state index < -0.39 is 8.07 Å². The quantitative estimate of drug-likeness (QED) is 0.103. The van der Waals surface area contributed by atoms with Crippen molar-refractivity contribution in [2.24, 2.45) is 0 Å². The topological polar surface area (TPSA) is 9.29 Å². The van der Waals surface area contributed by atoms with Crippen LogP contribution < -0.4 is 20.7 Å². The molecule has 0 aliphatic heterocycles. The first-order valence-electron chi connectivity index (χ1n) is 15.6. The maximum absolute atomic E-state index is 8.04. The third-order valence-electron chi connectivity index (χ3n) is 9.19. The average Bonchev–Trinajstić information content (AvgIpc) is 3.48. The standard InChI is InChI=1S/C43H30N2Si/c1-44-40-30-27-33(31-43(40)45-41-23-13-11-21-38(41)39-22-12-14-24-42(39)45)32-25-28-37(29-26-32)46(34-15-5-2-6-16-34,35-17-7-3-8-18-35)36-19-9-4-10-20-36/h2-31H. The Morgan fingerprint density at radius 1 is 0.413 bits per heavy atom. The molecule has 0 unspecified atom stereocenters.